The van der Waals surface area contributed by atoms with Crippen molar-refractivity contribution in [2.45, 2.75) is 19.5 Å². The van der Waals surface area contributed by atoms with Crippen LogP contribution in [0.3, 0.4) is 0 Å². The number of hydrogen-bond acceptors (Lipinski definition) is 5. The lowest BCUT2D eigenvalue weighted by Gasteiger charge is -2.40. The van der Waals surface area contributed by atoms with Crippen LogP contribution in [0, 0.1) is 6.92 Å². The number of aromatic nitrogens is 1. The zero-order chi connectivity index (χ0) is 23.5. The summed E-state index contributed by atoms with van der Waals surface area (Å²) in [5.41, 5.74) is 3.13. The second-order valence-corrected chi connectivity index (χ2v) is 8.73. The van der Waals surface area contributed by atoms with Crippen LogP contribution in [0.4, 0.5) is 5.69 Å². The van der Waals surface area contributed by atoms with Gasteiger partial charge in [0.05, 0.1) is 24.4 Å². The molecule has 0 radical (unpaired) electrons. The predicted molar refractivity (Wildman–Crippen MR) is 133 cm³/mol. The Morgan fingerprint density at radius 2 is 1.59 bits per heavy atom. The van der Waals surface area contributed by atoms with Gasteiger partial charge in [0.15, 0.2) is 0 Å². The monoisotopic (exact) mass is 455 g/mol. The summed E-state index contributed by atoms with van der Waals surface area (Å²) >= 11 is 0. The van der Waals surface area contributed by atoms with Crippen molar-refractivity contribution in [2.24, 2.45) is 0 Å². The molecule has 0 bridgehead atoms. The van der Waals surface area contributed by atoms with E-state index < -0.39 is 0 Å². The topological polar surface area (TPSA) is 61.9 Å². The number of nitrogens with zero attached hydrogens (tertiary/aromatic N) is 3. The number of piperazine rings is 1. The molecule has 1 fully saturated rings. The summed E-state index contributed by atoms with van der Waals surface area (Å²) in [4.78, 5) is 18.5. The smallest absolute Gasteiger partial charge is 0.260 e. The van der Waals surface area contributed by atoms with Gasteiger partial charge in [-0.2, -0.15) is 0 Å². The molecule has 0 saturated carbocycles. The van der Waals surface area contributed by atoms with E-state index in [0.29, 0.717) is 23.6 Å². The van der Waals surface area contributed by atoms with Crippen molar-refractivity contribution in [2.75, 3.05) is 31.1 Å². The van der Waals surface area contributed by atoms with Crippen LogP contribution in [-0.4, -0.2) is 40.8 Å². The van der Waals surface area contributed by atoms with Crippen LogP contribution in [0.1, 0.15) is 28.6 Å². The predicted octanol–water partition coefficient (Wildman–Crippen LogP) is 4.42. The number of anilines is 1. The van der Waals surface area contributed by atoms with Crippen LogP contribution >= 0.6 is 0 Å². The largest absolute Gasteiger partial charge is 0.507 e. The number of aryl methyl sites for hydroxylation is 1. The van der Waals surface area contributed by atoms with Crippen molar-refractivity contribution in [3.63, 3.8) is 0 Å². The van der Waals surface area contributed by atoms with Gasteiger partial charge >= 0.3 is 0 Å². The molecule has 0 unspecified atom stereocenters. The molecular weight excluding hydrogens is 426 g/mol. The fraction of sp³-hybridized carbons (Fsp3) is 0.250. The lowest BCUT2D eigenvalue weighted by Crippen LogP contribution is -2.49. The van der Waals surface area contributed by atoms with E-state index in [1.807, 2.05) is 55.5 Å². The molecule has 1 aliphatic heterocycles. The van der Waals surface area contributed by atoms with E-state index in [9.17, 15) is 9.90 Å². The van der Waals surface area contributed by atoms with Crippen LogP contribution in [0.25, 0.3) is 0 Å². The van der Waals surface area contributed by atoms with Gasteiger partial charge in [0.2, 0.25) is 0 Å². The molecule has 1 atom stereocenters. The molecular formula is C28H29N3O3. The van der Waals surface area contributed by atoms with Crippen LogP contribution < -0.4 is 10.5 Å². The Balaban J connectivity index is 1.52. The number of rotatable bonds is 6. The number of aromatic hydroxyl groups is 1. The Hall–Kier alpha value is -3.77. The van der Waals surface area contributed by atoms with E-state index in [0.717, 1.165) is 31.7 Å². The number of para-hydroxylation sites is 1. The van der Waals surface area contributed by atoms with Crippen LogP contribution in [0.5, 0.6) is 5.75 Å². The van der Waals surface area contributed by atoms with Crippen molar-refractivity contribution in [1.82, 2.24) is 9.47 Å². The number of hydrogen-bond donors (Lipinski definition) is 1. The zero-order valence-corrected chi connectivity index (χ0v) is 19.3. The molecule has 2 aromatic carbocycles. The summed E-state index contributed by atoms with van der Waals surface area (Å²) in [6.45, 7) is 5.41. The van der Waals surface area contributed by atoms with Gasteiger partial charge in [-0.15, -0.1) is 0 Å². The highest BCUT2D eigenvalue weighted by atomic mass is 16.3. The highest BCUT2D eigenvalue weighted by Crippen LogP contribution is 2.33. The Morgan fingerprint density at radius 1 is 0.912 bits per heavy atom. The maximum atomic E-state index is 13.8. The molecule has 2 aromatic heterocycles. The SMILES string of the molecule is Cc1cc(O)c([C@H](c2ccccc2)N2CCN(c3ccccc3)CC2)c(=O)n1Cc1ccco1. The molecule has 4 aromatic rings. The van der Waals surface area contributed by atoms with E-state index >= 15 is 0 Å². The van der Waals surface area contributed by atoms with Crippen molar-refractivity contribution in [3.05, 3.63) is 118 Å². The molecule has 5 rings (SSSR count). The van der Waals surface area contributed by atoms with E-state index in [1.54, 1.807) is 16.9 Å². The molecule has 1 N–H and O–H groups in total. The molecule has 0 aliphatic carbocycles. The minimum atomic E-state index is -0.338. The Bertz CT molecular complexity index is 1280. The first-order chi connectivity index (χ1) is 16.6. The average molecular weight is 456 g/mol. The zero-order valence-electron chi connectivity index (χ0n) is 19.3. The third-order valence-electron chi connectivity index (χ3n) is 6.61. The third-order valence-corrected chi connectivity index (χ3v) is 6.61. The lowest BCUT2D eigenvalue weighted by molar-refractivity contribution is 0.207. The fourth-order valence-corrected chi connectivity index (χ4v) is 4.85. The second-order valence-electron chi connectivity index (χ2n) is 8.73. The number of furan rings is 1. The maximum Gasteiger partial charge on any atom is 0.260 e. The highest BCUT2D eigenvalue weighted by molar-refractivity contribution is 5.47. The minimum absolute atomic E-state index is 0.0394. The van der Waals surface area contributed by atoms with Gasteiger partial charge in [-0.25, -0.2) is 0 Å². The average Bonchev–Trinajstić information content (AvgIpc) is 3.39. The summed E-state index contributed by atoms with van der Waals surface area (Å²) in [6.07, 6.45) is 1.61. The van der Waals surface area contributed by atoms with Crippen molar-refractivity contribution < 1.29 is 9.52 Å². The van der Waals surface area contributed by atoms with Gasteiger partial charge in [0, 0.05) is 37.6 Å². The normalized spacial score (nSPS) is 15.4. The first kappa shape index (κ1) is 22.0. The van der Waals surface area contributed by atoms with E-state index in [4.69, 9.17) is 4.42 Å². The molecule has 0 amide bonds. The summed E-state index contributed by atoms with van der Waals surface area (Å²) in [7, 11) is 0. The first-order valence-electron chi connectivity index (χ1n) is 11.7. The van der Waals surface area contributed by atoms with Gasteiger partial charge < -0.3 is 19.0 Å². The van der Waals surface area contributed by atoms with Gasteiger partial charge in [-0.3, -0.25) is 9.69 Å². The lowest BCUT2D eigenvalue weighted by atomic mass is 9.96. The van der Waals surface area contributed by atoms with Gasteiger partial charge in [-0.1, -0.05) is 48.5 Å². The quantitative estimate of drug-likeness (QED) is 0.467. The first-order valence-corrected chi connectivity index (χ1v) is 11.7. The fourth-order valence-electron chi connectivity index (χ4n) is 4.85. The Labute approximate surface area is 199 Å². The molecule has 1 saturated heterocycles. The van der Waals surface area contributed by atoms with E-state index in [1.165, 1.54) is 5.69 Å². The standard InChI is InChI=1S/C28H29N3O3/c1-21-19-25(32)26(28(33)31(21)20-24-13-8-18-34-24)27(22-9-4-2-5-10-22)30-16-14-29(15-17-30)23-11-6-3-7-12-23/h2-13,18-19,27,32H,14-17,20H2,1H3/t27-/m0/s1. The van der Waals surface area contributed by atoms with E-state index in [-0.39, 0.29) is 17.4 Å². The summed E-state index contributed by atoms with van der Waals surface area (Å²) in [6, 6.07) is 25.4. The summed E-state index contributed by atoms with van der Waals surface area (Å²) in [5.74, 6) is 0.743. The molecule has 6 heteroatoms. The number of pyridine rings is 1. The van der Waals surface area contributed by atoms with Crippen LogP contribution in [-0.2, 0) is 6.54 Å². The van der Waals surface area contributed by atoms with Crippen molar-refractivity contribution in [3.8, 4) is 5.75 Å². The molecule has 3 heterocycles. The van der Waals surface area contributed by atoms with Crippen LogP contribution in [0.2, 0.25) is 0 Å². The van der Waals surface area contributed by atoms with E-state index in [2.05, 4.69) is 34.1 Å². The number of benzene rings is 2. The summed E-state index contributed by atoms with van der Waals surface area (Å²) in [5, 5.41) is 11.0. The minimum Gasteiger partial charge on any atom is -0.507 e. The molecule has 0 spiro atoms. The van der Waals surface area contributed by atoms with Crippen molar-refractivity contribution >= 4 is 5.69 Å². The van der Waals surface area contributed by atoms with Crippen LogP contribution in [0.15, 0.2) is 94.3 Å². The molecule has 1 aliphatic rings. The van der Waals surface area contributed by atoms with Crippen molar-refractivity contribution in [1.29, 1.82) is 0 Å². The van der Waals surface area contributed by atoms with Gasteiger partial charge in [-0.05, 0) is 42.8 Å². The molecule has 174 valence electrons. The third kappa shape index (κ3) is 4.37. The second kappa shape index (κ2) is 9.61. The highest BCUT2D eigenvalue weighted by Gasteiger charge is 2.31. The Kier molecular flexibility index (Phi) is 6.23. The summed E-state index contributed by atoms with van der Waals surface area (Å²) < 4.78 is 7.18. The van der Waals surface area contributed by atoms with Gasteiger partial charge in [0.1, 0.15) is 11.5 Å². The molecule has 34 heavy (non-hydrogen) atoms. The Morgan fingerprint density at radius 3 is 2.24 bits per heavy atom. The molecule has 6 nitrogen and oxygen atoms in total. The van der Waals surface area contributed by atoms with Gasteiger partial charge in [0.25, 0.3) is 5.56 Å². The maximum absolute atomic E-state index is 13.8.